The maximum absolute atomic E-state index is 12.7. The van der Waals surface area contributed by atoms with E-state index in [1.165, 1.54) is 4.57 Å². The molecule has 0 amide bonds. The standard InChI is InChI=1S/C37H46N2O7Si/c1-26-21-39(36(41)38-35(26)40)34-20-32(46-47(5,6)37(2,3)4)33(45-34)25-42-22-29-17-30(43-23-27-13-9-7-10-14-27)19-31(18-29)44-24-28-15-11-8-12-16-28/h7-19,21,32-34H,20,22-25H2,1-6H3,(H,38,40,41)/t32?,33-,34-/m1/s1. The number of aromatic nitrogens is 2. The fourth-order valence-electron chi connectivity index (χ4n) is 5.16. The van der Waals surface area contributed by atoms with Gasteiger partial charge in [0.05, 0.1) is 19.3 Å². The van der Waals surface area contributed by atoms with Crippen LogP contribution in [0.5, 0.6) is 11.5 Å². The molecule has 4 aromatic rings. The minimum atomic E-state index is -2.18. The highest BCUT2D eigenvalue weighted by Gasteiger charge is 2.45. The lowest BCUT2D eigenvalue weighted by molar-refractivity contribution is -0.0648. The molecule has 0 saturated carbocycles. The van der Waals surface area contributed by atoms with Crippen molar-refractivity contribution in [1.29, 1.82) is 0 Å². The Hall–Kier alpha value is -3.96. The van der Waals surface area contributed by atoms with Gasteiger partial charge < -0.3 is 23.4 Å². The minimum Gasteiger partial charge on any atom is -0.489 e. The zero-order valence-corrected chi connectivity index (χ0v) is 29.2. The molecule has 3 atom stereocenters. The third-order valence-corrected chi connectivity index (χ3v) is 13.4. The monoisotopic (exact) mass is 658 g/mol. The summed E-state index contributed by atoms with van der Waals surface area (Å²) in [6, 6.07) is 25.8. The summed E-state index contributed by atoms with van der Waals surface area (Å²) >= 11 is 0. The van der Waals surface area contributed by atoms with Gasteiger partial charge in [0, 0.05) is 24.2 Å². The van der Waals surface area contributed by atoms with Crippen LogP contribution in [-0.4, -0.2) is 36.7 Å². The van der Waals surface area contributed by atoms with E-state index in [4.69, 9.17) is 23.4 Å². The SMILES string of the molecule is Cc1cn([C@H]2CC(O[Si](C)(C)C(C)(C)C)[C@@H](COCc3cc(OCc4ccccc4)cc(OCc4ccccc4)c3)O2)c(=O)[nH]c1=O. The Labute approximate surface area is 277 Å². The van der Waals surface area contributed by atoms with Crippen molar-refractivity contribution < 1.29 is 23.4 Å². The topological polar surface area (TPSA) is 101 Å². The van der Waals surface area contributed by atoms with E-state index in [2.05, 4.69) is 38.8 Å². The van der Waals surface area contributed by atoms with E-state index >= 15 is 0 Å². The molecular formula is C37H46N2O7Si. The van der Waals surface area contributed by atoms with E-state index in [-0.39, 0.29) is 17.7 Å². The Balaban J connectivity index is 1.31. The third kappa shape index (κ3) is 9.10. The minimum absolute atomic E-state index is 0.0156. The van der Waals surface area contributed by atoms with Crippen LogP contribution in [0.1, 0.15) is 55.7 Å². The second-order valence-corrected chi connectivity index (χ2v) is 18.4. The number of nitrogens with zero attached hydrogens (tertiary/aromatic N) is 1. The van der Waals surface area contributed by atoms with Gasteiger partial charge in [-0.25, -0.2) is 4.79 Å². The second-order valence-electron chi connectivity index (χ2n) is 13.6. The molecule has 1 aliphatic heterocycles. The van der Waals surface area contributed by atoms with Gasteiger partial charge in [-0.15, -0.1) is 0 Å². The Kier molecular flexibility index (Phi) is 10.9. The summed E-state index contributed by atoms with van der Waals surface area (Å²) in [4.78, 5) is 27.1. The maximum Gasteiger partial charge on any atom is 0.330 e. The summed E-state index contributed by atoms with van der Waals surface area (Å²) < 4.78 is 33.3. The number of aryl methyl sites for hydroxylation is 1. The van der Waals surface area contributed by atoms with Crippen molar-refractivity contribution in [3.05, 3.63) is 128 Å². The number of rotatable bonds is 13. The first kappa shape index (κ1) is 34.4. The van der Waals surface area contributed by atoms with Gasteiger partial charge in [0.15, 0.2) is 8.32 Å². The molecule has 0 bridgehead atoms. The molecule has 1 aliphatic rings. The van der Waals surface area contributed by atoms with Gasteiger partial charge in [-0.1, -0.05) is 81.4 Å². The summed E-state index contributed by atoms with van der Waals surface area (Å²) in [6.07, 6.45) is 0.724. The molecule has 0 spiro atoms. The number of benzene rings is 3. The number of H-pyrrole nitrogens is 1. The summed E-state index contributed by atoms with van der Waals surface area (Å²) in [6.45, 7) is 14.0. The van der Waals surface area contributed by atoms with Gasteiger partial charge >= 0.3 is 5.69 Å². The number of hydrogen-bond donors (Lipinski definition) is 1. The number of nitrogens with one attached hydrogen (secondary N) is 1. The van der Waals surface area contributed by atoms with Crippen LogP contribution in [0.15, 0.2) is 94.6 Å². The fourth-order valence-corrected chi connectivity index (χ4v) is 6.51. The van der Waals surface area contributed by atoms with Crippen molar-refractivity contribution in [2.45, 2.75) is 90.5 Å². The number of aromatic amines is 1. The molecule has 1 unspecified atom stereocenters. The van der Waals surface area contributed by atoms with E-state index in [0.29, 0.717) is 43.3 Å². The molecule has 1 saturated heterocycles. The van der Waals surface area contributed by atoms with Crippen LogP contribution in [0.25, 0.3) is 0 Å². The fraction of sp³-hybridized carbons (Fsp3) is 0.405. The molecule has 0 radical (unpaired) electrons. The molecule has 1 N–H and O–H groups in total. The Morgan fingerprint density at radius 2 is 1.43 bits per heavy atom. The van der Waals surface area contributed by atoms with Gasteiger partial charge in [0.25, 0.3) is 5.56 Å². The molecule has 250 valence electrons. The largest absolute Gasteiger partial charge is 0.489 e. The Bertz CT molecular complexity index is 1670. The van der Waals surface area contributed by atoms with Gasteiger partial charge in [-0.3, -0.25) is 14.3 Å². The molecule has 9 nitrogen and oxygen atoms in total. The smallest absolute Gasteiger partial charge is 0.330 e. The van der Waals surface area contributed by atoms with Gasteiger partial charge in [-0.05, 0) is 53.9 Å². The molecule has 2 heterocycles. The molecule has 5 rings (SSSR count). The lowest BCUT2D eigenvalue weighted by Gasteiger charge is -2.39. The maximum atomic E-state index is 12.7. The zero-order chi connectivity index (χ0) is 33.6. The molecule has 1 aromatic heterocycles. The van der Waals surface area contributed by atoms with Crippen molar-refractivity contribution in [3.63, 3.8) is 0 Å². The highest BCUT2D eigenvalue weighted by Crippen LogP contribution is 2.41. The summed E-state index contributed by atoms with van der Waals surface area (Å²) in [7, 11) is -2.18. The van der Waals surface area contributed by atoms with E-state index in [9.17, 15) is 9.59 Å². The quantitative estimate of drug-likeness (QED) is 0.156. The highest BCUT2D eigenvalue weighted by molar-refractivity contribution is 6.74. The highest BCUT2D eigenvalue weighted by atomic mass is 28.4. The van der Waals surface area contributed by atoms with Gasteiger partial charge in [0.1, 0.15) is 37.0 Å². The zero-order valence-electron chi connectivity index (χ0n) is 28.2. The van der Waals surface area contributed by atoms with Crippen molar-refractivity contribution in [1.82, 2.24) is 9.55 Å². The normalized spacial score (nSPS) is 18.3. The van der Waals surface area contributed by atoms with E-state index in [1.54, 1.807) is 13.1 Å². The molecular weight excluding hydrogens is 613 g/mol. The Morgan fingerprint density at radius 1 is 0.851 bits per heavy atom. The van der Waals surface area contributed by atoms with E-state index in [1.807, 2.05) is 78.9 Å². The number of ether oxygens (including phenoxy) is 4. The predicted octanol–water partition coefficient (Wildman–Crippen LogP) is 6.90. The van der Waals surface area contributed by atoms with E-state index in [0.717, 1.165) is 16.7 Å². The Morgan fingerprint density at radius 3 is 1.98 bits per heavy atom. The van der Waals surface area contributed by atoms with Crippen molar-refractivity contribution >= 4 is 8.32 Å². The summed E-state index contributed by atoms with van der Waals surface area (Å²) in [5.41, 5.74) is 2.56. The van der Waals surface area contributed by atoms with Crippen LogP contribution in [0.4, 0.5) is 0 Å². The average molecular weight is 659 g/mol. The number of hydrogen-bond acceptors (Lipinski definition) is 7. The molecule has 47 heavy (non-hydrogen) atoms. The van der Waals surface area contributed by atoms with Crippen LogP contribution in [0.3, 0.4) is 0 Å². The van der Waals surface area contributed by atoms with Crippen LogP contribution in [0, 0.1) is 6.92 Å². The van der Waals surface area contributed by atoms with Gasteiger partial charge in [-0.2, -0.15) is 0 Å². The summed E-state index contributed by atoms with van der Waals surface area (Å²) in [5.74, 6) is 1.37. The third-order valence-electron chi connectivity index (χ3n) is 8.88. The first-order valence-corrected chi connectivity index (χ1v) is 19.0. The molecule has 3 aromatic carbocycles. The van der Waals surface area contributed by atoms with E-state index < -0.39 is 31.9 Å². The summed E-state index contributed by atoms with van der Waals surface area (Å²) in [5, 5.41) is -0.0156. The predicted molar refractivity (Wildman–Crippen MR) is 184 cm³/mol. The van der Waals surface area contributed by atoms with Crippen molar-refractivity contribution in [3.8, 4) is 11.5 Å². The first-order chi connectivity index (χ1) is 22.4. The van der Waals surface area contributed by atoms with Gasteiger partial charge in [0.2, 0.25) is 0 Å². The van der Waals surface area contributed by atoms with Crippen molar-refractivity contribution in [2.75, 3.05) is 6.61 Å². The average Bonchev–Trinajstić information content (AvgIpc) is 3.42. The van der Waals surface area contributed by atoms with Crippen LogP contribution < -0.4 is 20.7 Å². The molecule has 0 aliphatic carbocycles. The second kappa shape index (κ2) is 14.9. The van der Waals surface area contributed by atoms with Crippen LogP contribution in [0.2, 0.25) is 18.1 Å². The lowest BCUT2D eigenvalue weighted by Crippen LogP contribution is -2.46. The molecule has 10 heteroatoms. The van der Waals surface area contributed by atoms with Crippen molar-refractivity contribution in [2.24, 2.45) is 0 Å². The molecule has 1 fully saturated rings. The lowest BCUT2D eigenvalue weighted by atomic mass is 10.2. The van der Waals surface area contributed by atoms with Crippen LogP contribution >= 0.6 is 0 Å². The van der Waals surface area contributed by atoms with Crippen LogP contribution in [-0.2, 0) is 33.7 Å². The first-order valence-electron chi connectivity index (χ1n) is 16.1.